The normalized spacial score (nSPS) is 9.14. The summed E-state index contributed by atoms with van der Waals surface area (Å²) in [6, 6.07) is 7.83. The molecule has 0 atom stereocenters. The van der Waals surface area contributed by atoms with Crippen LogP contribution in [0.2, 0.25) is 0 Å². The Balaban J connectivity index is 3.31. The predicted octanol–water partition coefficient (Wildman–Crippen LogP) is 2.95. The van der Waals surface area contributed by atoms with E-state index in [2.05, 4.69) is 28.1 Å². The minimum atomic E-state index is 0.396. The van der Waals surface area contributed by atoms with Gasteiger partial charge in [-0.05, 0) is 39.5 Å². The van der Waals surface area contributed by atoms with Crippen LogP contribution in [0.15, 0.2) is 16.6 Å². The zero-order valence-electron chi connectivity index (χ0n) is 7.84. The number of rotatable bonds is 2. The van der Waals surface area contributed by atoms with Gasteiger partial charge in [-0.3, -0.25) is 0 Å². The Bertz CT molecular complexity index is 424. The van der Waals surface area contributed by atoms with E-state index in [-0.39, 0.29) is 0 Å². The standard InChI is InChI=1S/C11H9BrN2/c1-2-10-8(5-6-13)3-4-9(7-14)11(10)12/h3-4H,2,5H2,1H3. The Kier molecular flexibility index (Phi) is 3.68. The largest absolute Gasteiger partial charge is 0.198 e. The molecular weight excluding hydrogens is 240 g/mol. The molecule has 1 rings (SSSR count). The lowest BCUT2D eigenvalue weighted by atomic mass is 10.0. The van der Waals surface area contributed by atoms with Crippen LogP contribution in [0.5, 0.6) is 0 Å². The minimum absolute atomic E-state index is 0.396. The van der Waals surface area contributed by atoms with E-state index in [1.165, 1.54) is 0 Å². The third-order valence-electron chi connectivity index (χ3n) is 2.08. The first-order valence-corrected chi connectivity index (χ1v) is 5.11. The van der Waals surface area contributed by atoms with Crippen LogP contribution in [0, 0.1) is 22.7 Å². The van der Waals surface area contributed by atoms with Crippen LogP contribution in [0.1, 0.15) is 23.6 Å². The highest BCUT2D eigenvalue weighted by Crippen LogP contribution is 2.25. The zero-order chi connectivity index (χ0) is 10.6. The van der Waals surface area contributed by atoms with E-state index in [0.29, 0.717) is 12.0 Å². The summed E-state index contributed by atoms with van der Waals surface area (Å²) in [4.78, 5) is 0. The molecule has 0 heterocycles. The highest BCUT2D eigenvalue weighted by Gasteiger charge is 2.08. The molecule has 0 aliphatic rings. The molecule has 3 heteroatoms. The summed E-state index contributed by atoms with van der Waals surface area (Å²) in [5, 5.41) is 17.4. The van der Waals surface area contributed by atoms with Crippen LogP contribution in [0.3, 0.4) is 0 Å². The van der Waals surface area contributed by atoms with Gasteiger partial charge in [-0.1, -0.05) is 13.0 Å². The fourth-order valence-electron chi connectivity index (χ4n) is 1.38. The van der Waals surface area contributed by atoms with Crippen LogP contribution >= 0.6 is 15.9 Å². The Morgan fingerprint density at radius 3 is 2.57 bits per heavy atom. The van der Waals surface area contributed by atoms with Gasteiger partial charge in [0.25, 0.3) is 0 Å². The first-order chi connectivity index (χ1) is 6.74. The Labute approximate surface area is 91.9 Å². The molecule has 0 aromatic heterocycles. The van der Waals surface area contributed by atoms with Crippen LogP contribution in [-0.4, -0.2) is 0 Å². The van der Waals surface area contributed by atoms with Crippen molar-refractivity contribution in [3.8, 4) is 12.1 Å². The molecule has 0 saturated carbocycles. The molecule has 0 amide bonds. The topological polar surface area (TPSA) is 47.6 Å². The summed E-state index contributed by atoms with van der Waals surface area (Å²) in [5.41, 5.74) is 2.69. The van der Waals surface area contributed by atoms with Crippen LogP contribution in [0.4, 0.5) is 0 Å². The quantitative estimate of drug-likeness (QED) is 0.808. The maximum atomic E-state index is 8.81. The molecule has 0 saturated heterocycles. The maximum Gasteiger partial charge on any atom is 0.100 e. The van der Waals surface area contributed by atoms with Crippen molar-refractivity contribution >= 4 is 15.9 Å². The molecule has 0 spiro atoms. The second-order valence-electron chi connectivity index (χ2n) is 2.87. The van der Waals surface area contributed by atoms with Crippen molar-refractivity contribution in [2.45, 2.75) is 19.8 Å². The summed E-state index contributed by atoms with van der Waals surface area (Å²) < 4.78 is 0.829. The van der Waals surface area contributed by atoms with E-state index in [9.17, 15) is 0 Å². The van der Waals surface area contributed by atoms with Gasteiger partial charge in [0.15, 0.2) is 0 Å². The molecule has 1 aromatic rings. The van der Waals surface area contributed by atoms with Crippen LogP contribution in [-0.2, 0) is 12.8 Å². The number of hydrogen-bond acceptors (Lipinski definition) is 2. The van der Waals surface area contributed by atoms with Gasteiger partial charge < -0.3 is 0 Å². The van der Waals surface area contributed by atoms with Gasteiger partial charge >= 0.3 is 0 Å². The van der Waals surface area contributed by atoms with Gasteiger partial charge in [-0.25, -0.2) is 0 Å². The molecule has 2 nitrogen and oxygen atoms in total. The summed E-state index contributed by atoms with van der Waals surface area (Å²) >= 11 is 3.39. The fraction of sp³-hybridized carbons (Fsp3) is 0.273. The van der Waals surface area contributed by atoms with Crippen molar-refractivity contribution in [3.05, 3.63) is 33.3 Å². The smallest absolute Gasteiger partial charge is 0.100 e. The molecule has 0 radical (unpaired) electrons. The zero-order valence-corrected chi connectivity index (χ0v) is 9.43. The van der Waals surface area contributed by atoms with Crippen molar-refractivity contribution in [2.24, 2.45) is 0 Å². The molecule has 70 valence electrons. The summed E-state index contributed by atoms with van der Waals surface area (Å²) in [6.07, 6.45) is 1.22. The van der Waals surface area contributed by atoms with Gasteiger partial charge in [0, 0.05) is 4.47 Å². The van der Waals surface area contributed by atoms with E-state index in [4.69, 9.17) is 10.5 Å². The van der Waals surface area contributed by atoms with Crippen molar-refractivity contribution in [1.29, 1.82) is 10.5 Å². The lowest BCUT2D eigenvalue weighted by Crippen LogP contribution is -1.95. The molecule has 0 unspecified atom stereocenters. The average Bonchev–Trinajstić information content (AvgIpc) is 2.19. The second kappa shape index (κ2) is 4.79. The van der Waals surface area contributed by atoms with Gasteiger partial charge in [0.2, 0.25) is 0 Å². The maximum absolute atomic E-state index is 8.81. The number of halogens is 1. The second-order valence-corrected chi connectivity index (χ2v) is 3.66. The van der Waals surface area contributed by atoms with Crippen molar-refractivity contribution < 1.29 is 0 Å². The third kappa shape index (κ3) is 1.95. The number of nitrogens with zero attached hydrogens (tertiary/aromatic N) is 2. The van der Waals surface area contributed by atoms with E-state index in [1.54, 1.807) is 6.07 Å². The number of nitriles is 2. The van der Waals surface area contributed by atoms with Crippen LogP contribution in [0.25, 0.3) is 0 Å². The lowest BCUT2D eigenvalue weighted by molar-refractivity contribution is 1.06. The van der Waals surface area contributed by atoms with E-state index >= 15 is 0 Å². The van der Waals surface area contributed by atoms with Crippen molar-refractivity contribution in [3.63, 3.8) is 0 Å². The molecule has 14 heavy (non-hydrogen) atoms. The first kappa shape index (κ1) is 10.8. The van der Waals surface area contributed by atoms with E-state index < -0.39 is 0 Å². The van der Waals surface area contributed by atoms with Gasteiger partial charge in [-0.15, -0.1) is 0 Å². The van der Waals surface area contributed by atoms with Crippen molar-refractivity contribution in [1.82, 2.24) is 0 Å². The molecular formula is C11H9BrN2. The van der Waals surface area contributed by atoms with E-state index in [0.717, 1.165) is 22.0 Å². The molecule has 0 aliphatic heterocycles. The van der Waals surface area contributed by atoms with Gasteiger partial charge in [0.05, 0.1) is 18.1 Å². The highest BCUT2D eigenvalue weighted by molar-refractivity contribution is 9.10. The Hall–Kier alpha value is -1.32. The molecule has 0 N–H and O–H groups in total. The predicted molar refractivity (Wildman–Crippen MR) is 57.6 cm³/mol. The molecule has 0 aliphatic carbocycles. The molecule has 0 bridgehead atoms. The fourth-order valence-corrected chi connectivity index (χ4v) is 2.14. The van der Waals surface area contributed by atoms with Crippen LogP contribution < -0.4 is 0 Å². The lowest BCUT2D eigenvalue weighted by Gasteiger charge is -2.08. The number of hydrogen-bond donors (Lipinski definition) is 0. The SMILES string of the molecule is CCc1c(CC#N)ccc(C#N)c1Br. The number of benzene rings is 1. The summed E-state index contributed by atoms with van der Waals surface area (Å²) in [6.45, 7) is 2.02. The first-order valence-electron chi connectivity index (χ1n) is 4.31. The molecule has 1 aromatic carbocycles. The third-order valence-corrected chi connectivity index (χ3v) is 2.99. The highest BCUT2D eigenvalue weighted by atomic mass is 79.9. The summed E-state index contributed by atoms with van der Waals surface area (Å²) in [5.74, 6) is 0. The Morgan fingerprint density at radius 1 is 1.36 bits per heavy atom. The Morgan fingerprint density at radius 2 is 2.07 bits per heavy atom. The van der Waals surface area contributed by atoms with Gasteiger partial charge in [-0.2, -0.15) is 10.5 Å². The summed E-state index contributed by atoms with van der Waals surface area (Å²) in [7, 11) is 0. The van der Waals surface area contributed by atoms with E-state index in [1.807, 2.05) is 13.0 Å². The van der Waals surface area contributed by atoms with Gasteiger partial charge in [0.1, 0.15) is 6.07 Å². The average molecular weight is 249 g/mol. The van der Waals surface area contributed by atoms with Crippen molar-refractivity contribution in [2.75, 3.05) is 0 Å². The molecule has 0 fully saturated rings. The minimum Gasteiger partial charge on any atom is -0.198 e. The monoisotopic (exact) mass is 248 g/mol.